The Labute approximate surface area is 96.9 Å². The maximum Gasteiger partial charge on any atom is 0.148 e. The standard InChI is InChI=1S/C9H11ClN4S/c1-6-8(15-7(2)12-6)4-14-5-11-13-9(14)3-10/h5H,3-4H2,1-2H3. The van der Waals surface area contributed by atoms with Crippen LogP contribution in [0.25, 0.3) is 0 Å². The highest BCUT2D eigenvalue weighted by atomic mass is 35.5. The second-order valence-corrected chi connectivity index (χ2v) is 4.81. The Kier molecular flexibility index (Phi) is 3.02. The largest absolute Gasteiger partial charge is 0.311 e. The molecule has 4 nitrogen and oxygen atoms in total. The number of aryl methyl sites for hydroxylation is 2. The Balaban J connectivity index is 2.25. The average Bonchev–Trinajstić information content (AvgIpc) is 2.74. The van der Waals surface area contributed by atoms with Crippen LogP contribution in [0.4, 0.5) is 0 Å². The van der Waals surface area contributed by atoms with Crippen LogP contribution in [0.15, 0.2) is 6.33 Å². The zero-order valence-corrected chi connectivity index (χ0v) is 10.1. The number of aromatic nitrogens is 4. The lowest BCUT2D eigenvalue weighted by Crippen LogP contribution is -2.02. The van der Waals surface area contributed by atoms with E-state index in [4.69, 9.17) is 11.6 Å². The van der Waals surface area contributed by atoms with Crippen LogP contribution >= 0.6 is 22.9 Å². The van der Waals surface area contributed by atoms with Gasteiger partial charge in [-0.3, -0.25) is 0 Å². The van der Waals surface area contributed by atoms with Crippen LogP contribution in [0.3, 0.4) is 0 Å². The number of halogens is 1. The van der Waals surface area contributed by atoms with Crippen LogP contribution in [0, 0.1) is 13.8 Å². The monoisotopic (exact) mass is 242 g/mol. The number of hydrogen-bond donors (Lipinski definition) is 0. The van der Waals surface area contributed by atoms with Crippen LogP contribution in [0.5, 0.6) is 0 Å². The van der Waals surface area contributed by atoms with E-state index in [1.54, 1.807) is 17.7 Å². The second-order valence-electron chi connectivity index (χ2n) is 3.25. The maximum atomic E-state index is 5.75. The molecule has 0 saturated heterocycles. The molecule has 0 spiro atoms. The first-order valence-electron chi connectivity index (χ1n) is 4.56. The van der Waals surface area contributed by atoms with Crippen LogP contribution in [-0.4, -0.2) is 19.7 Å². The molecule has 0 aliphatic heterocycles. The molecule has 0 amide bonds. The lowest BCUT2D eigenvalue weighted by atomic mass is 10.4. The molecule has 2 rings (SSSR count). The van der Waals surface area contributed by atoms with E-state index < -0.39 is 0 Å². The summed E-state index contributed by atoms with van der Waals surface area (Å²) in [4.78, 5) is 5.61. The maximum absolute atomic E-state index is 5.75. The van der Waals surface area contributed by atoms with Gasteiger partial charge >= 0.3 is 0 Å². The van der Waals surface area contributed by atoms with Crippen LogP contribution in [-0.2, 0) is 12.4 Å². The summed E-state index contributed by atoms with van der Waals surface area (Å²) >= 11 is 7.45. The zero-order chi connectivity index (χ0) is 10.8. The summed E-state index contributed by atoms with van der Waals surface area (Å²) in [5, 5.41) is 8.86. The Morgan fingerprint density at radius 2 is 2.27 bits per heavy atom. The minimum absolute atomic E-state index is 0.386. The van der Waals surface area contributed by atoms with Crippen molar-refractivity contribution in [1.82, 2.24) is 19.7 Å². The summed E-state index contributed by atoms with van der Waals surface area (Å²) in [5.74, 6) is 1.18. The molecule has 0 saturated carbocycles. The molecule has 0 unspecified atom stereocenters. The summed E-state index contributed by atoms with van der Waals surface area (Å²) in [6.45, 7) is 4.78. The summed E-state index contributed by atoms with van der Waals surface area (Å²) in [6.07, 6.45) is 1.70. The molecule has 0 radical (unpaired) electrons. The highest BCUT2D eigenvalue weighted by Crippen LogP contribution is 2.18. The molecule has 6 heteroatoms. The van der Waals surface area contributed by atoms with E-state index in [-0.39, 0.29) is 0 Å². The zero-order valence-electron chi connectivity index (χ0n) is 8.57. The van der Waals surface area contributed by atoms with Gasteiger partial charge in [-0.15, -0.1) is 33.1 Å². The minimum atomic E-state index is 0.386. The summed E-state index contributed by atoms with van der Waals surface area (Å²) in [7, 11) is 0. The third-order valence-corrected chi connectivity index (χ3v) is 3.43. The van der Waals surface area contributed by atoms with Gasteiger partial charge in [0, 0.05) is 4.88 Å². The van der Waals surface area contributed by atoms with E-state index in [1.807, 2.05) is 18.4 Å². The summed E-state index contributed by atoms with van der Waals surface area (Å²) < 4.78 is 1.95. The van der Waals surface area contributed by atoms with Crippen LogP contribution in [0.1, 0.15) is 21.4 Å². The lowest BCUT2D eigenvalue weighted by molar-refractivity contribution is 0.759. The van der Waals surface area contributed by atoms with Gasteiger partial charge in [-0.25, -0.2) is 4.98 Å². The van der Waals surface area contributed by atoms with Crippen molar-refractivity contribution in [2.75, 3.05) is 0 Å². The minimum Gasteiger partial charge on any atom is -0.311 e. The van der Waals surface area contributed by atoms with Gasteiger partial charge in [0.05, 0.1) is 23.1 Å². The smallest absolute Gasteiger partial charge is 0.148 e. The average molecular weight is 243 g/mol. The molecular formula is C9H11ClN4S. The number of hydrogen-bond acceptors (Lipinski definition) is 4. The van der Waals surface area contributed by atoms with E-state index >= 15 is 0 Å². The second kappa shape index (κ2) is 4.28. The van der Waals surface area contributed by atoms with Crippen molar-refractivity contribution in [3.05, 3.63) is 27.7 Å². The van der Waals surface area contributed by atoms with E-state index in [2.05, 4.69) is 15.2 Å². The van der Waals surface area contributed by atoms with Crippen molar-refractivity contribution < 1.29 is 0 Å². The first kappa shape index (κ1) is 10.6. The van der Waals surface area contributed by atoms with Crippen molar-refractivity contribution in [2.45, 2.75) is 26.3 Å². The quantitative estimate of drug-likeness (QED) is 0.775. The van der Waals surface area contributed by atoms with Gasteiger partial charge in [-0.2, -0.15) is 0 Å². The van der Waals surface area contributed by atoms with Crippen LogP contribution < -0.4 is 0 Å². The van der Waals surface area contributed by atoms with E-state index in [0.29, 0.717) is 5.88 Å². The molecule has 15 heavy (non-hydrogen) atoms. The van der Waals surface area contributed by atoms with Gasteiger partial charge in [-0.1, -0.05) is 0 Å². The predicted molar refractivity (Wildman–Crippen MR) is 60.3 cm³/mol. The SMILES string of the molecule is Cc1nc(C)c(Cn2cnnc2CCl)s1. The Morgan fingerprint density at radius 1 is 1.47 bits per heavy atom. The molecule has 0 bridgehead atoms. The molecule has 2 heterocycles. The molecule has 2 aromatic heterocycles. The highest BCUT2D eigenvalue weighted by Gasteiger charge is 2.08. The Morgan fingerprint density at radius 3 is 2.87 bits per heavy atom. The number of thiazole rings is 1. The lowest BCUT2D eigenvalue weighted by Gasteiger charge is -2.02. The molecule has 80 valence electrons. The fourth-order valence-electron chi connectivity index (χ4n) is 1.39. The van der Waals surface area contributed by atoms with Gasteiger partial charge in [0.2, 0.25) is 0 Å². The molecule has 0 fully saturated rings. The molecule has 2 aromatic rings. The van der Waals surface area contributed by atoms with Gasteiger partial charge < -0.3 is 4.57 Å². The normalized spacial score (nSPS) is 10.9. The molecular weight excluding hydrogens is 232 g/mol. The fraction of sp³-hybridized carbons (Fsp3) is 0.444. The molecule has 0 aromatic carbocycles. The van der Waals surface area contributed by atoms with E-state index in [0.717, 1.165) is 23.1 Å². The summed E-state index contributed by atoms with van der Waals surface area (Å²) in [6, 6.07) is 0. The Bertz CT molecular complexity index is 462. The van der Waals surface area contributed by atoms with E-state index in [1.165, 1.54) is 4.88 Å². The van der Waals surface area contributed by atoms with Gasteiger partial charge in [-0.05, 0) is 13.8 Å². The predicted octanol–water partition coefficient (Wildman–Crippen LogP) is 2.14. The molecule has 0 aliphatic carbocycles. The number of nitrogens with zero attached hydrogens (tertiary/aromatic N) is 4. The first-order chi connectivity index (χ1) is 7.20. The van der Waals surface area contributed by atoms with Gasteiger partial charge in [0.25, 0.3) is 0 Å². The summed E-state index contributed by atoms with van der Waals surface area (Å²) in [5.41, 5.74) is 1.08. The van der Waals surface area contributed by atoms with Crippen molar-refractivity contribution in [1.29, 1.82) is 0 Å². The van der Waals surface area contributed by atoms with Crippen molar-refractivity contribution in [2.24, 2.45) is 0 Å². The first-order valence-corrected chi connectivity index (χ1v) is 5.91. The van der Waals surface area contributed by atoms with Crippen LogP contribution in [0.2, 0.25) is 0 Å². The number of rotatable bonds is 3. The van der Waals surface area contributed by atoms with Crippen molar-refractivity contribution in [3.8, 4) is 0 Å². The van der Waals surface area contributed by atoms with Crippen molar-refractivity contribution in [3.63, 3.8) is 0 Å². The number of alkyl halides is 1. The Hall–Kier alpha value is -0.940. The third-order valence-electron chi connectivity index (χ3n) is 2.13. The fourth-order valence-corrected chi connectivity index (χ4v) is 2.53. The van der Waals surface area contributed by atoms with Gasteiger partial charge in [0.1, 0.15) is 12.2 Å². The van der Waals surface area contributed by atoms with Gasteiger partial charge in [0.15, 0.2) is 0 Å². The topological polar surface area (TPSA) is 43.6 Å². The third kappa shape index (κ3) is 2.18. The molecule has 0 aliphatic rings. The molecule has 0 N–H and O–H groups in total. The molecule has 0 atom stereocenters. The van der Waals surface area contributed by atoms with E-state index in [9.17, 15) is 0 Å². The highest BCUT2D eigenvalue weighted by molar-refractivity contribution is 7.11. The van der Waals surface area contributed by atoms with Crippen molar-refractivity contribution >= 4 is 22.9 Å².